The third kappa shape index (κ3) is 9.80. The Morgan fingerprint density at radius 3 is 2.40 bits per heavy atom. The lowest BCUT2D eigenvalue weighted by atomic mass is 9.91. The molecule has 0 spiro atoms. The van der Waals surface area contributed by atoms with Crippen LogP contribution in [-0.4, -0.2) is 119 Å². The van der Waals surface area contributed by atoms with Crippen molar-refractivity contribution < 1.29 is 28.8 Å². The van der Waals surface area contributed by atoms with Crippen molar-refractivity contribution in [1.82, 2.24) is 30.3 Å². The summed E-state index contributed by atoms with van der Waals surface area (Å²) in [6.07, 6.45) is 12.0. The van der Waals surface area contributed by atoms with Gasteiger partial charge >= 0.3 is 0 Å². The van der Waals surface area contributed by atoms with Crippen LogP contribution in [0.5, 0.6) is 0 Å². The number of nitrogens with zero attached hydrogens (tertiary/aromatic N) is 5. The zero-order chi connectivity index (χ0) is 39.7. The number of rotatable bonds is 14. The minimum atomic E-state index is -0.979. The normalized spacial score (nSPS) is 19.3. The maximum Gasteiger partial charge on any atom is 0.263 e. The van der Waals surface area contributed by atoms with Gasteiger partial charge in [0.05, 0.1) is 11.1 Å². The Bertz CT molecular complexity index is 1990. The third-order valence-electron chi connectivity index (χ3n) is 11.3. The van der Waals surface area contributed by atoms with Gasteiger partial charge in [0.15, 0.2) is 0 Å². The van der Waals surface area contributed by atoms with Crippen LogP contribution in [0.4, 0.5) is 5.69 Å². The number of thioether (sulfide) groups is 1. The summed E-state index contributed by atoms with van der Waals surface area (Å²) < 4.78 is 0. The highest BCUT2D eigenvalue weighted by atomic mass is 32.2. The summed E-state index contributed by atoms with van der Waals surface area (Å²) in [4.78, 5) is 88.6. The number of anilines is 1. The fourth-order valence-corrected chi connectivity index (χ4v) is 9.10. The minimum Gasteiger partial charge on any atom is -0.369 e. The van der Waals surface area contributed by atoms with Crippen molar-refractivity contribution in [1.29, 1.82) is 0 Å². The second-order valence-electron chi connectivity index (χ2n) is 15.0. The van der Waals surface area contributed by atoms with Crippen LogP contribution in [0.25, 0.3) is 6.08 Å². The van der Waals surface area contributed by atoms with Crippen molar-refractivity contribution in [2.75, 3.05) is 63.0 Å². The number of benzene rings is 2. The lowest BCUT2D eigenvalue weighted by Gasteiger charge is -2.36. The highest BCUT2D eigenvalue weighted by Gasteiger charge is 2.45. The summed E-state index contributed by atoms with van der Waals surface area (Å²) in [5.74, 6) is -0.652. The Balaban J connectivity index is 0.789. The summed E-state index contributed by atoms with van der Waals surface area (Å²) in [7, 11) is 0. The standard InChI is InChI=1S/C43H49N7O6S/c51-37(15-9-31-6-4-19-44-29-31)45-20-2-1-5-30-17-21-49(22-18-30)41(54)32-10-12-33(13-11-32)48-25-23-47(24-26-48)27-28-57-36-8-3-7-34-39(36)43(56)50(42(34)55)35-14-16-38(52)46-40(35)53/h3-4,6-13,15,19,29-30,35H,1-2,5,14,16-18,20-28H2,(H,45,51)(H,46,52,53)/b15-9+. The number of nitrogens with one attached hydrogen (secondary N) is 2. The topological polar surface area (TPSA) is 152 Å². The largest absolute Gasteiger partial charge is 0.369 e. The van der Waals surface area contributed by atoms with Gasteiger partial charge in [-0.1, -0.05) is 25.0 Å². The molecule has 0 bridgehead atoms. The molecule has 3 aromatic rings. The first kappa shape index (κ1) is 39.9. The second-order valence-corrected chi connectivity index (χ2v) is 16.1. The van der Waals surface area contributed by atoms with Crippen LogP contribution >= 0.6 is 11.8 Å². The molecule has 14 heteroatoms. The number of carbonyl (C=O) groups excluding carboxylic acids is 6. The quantitative estimate of drug-likeness (QED) is 0.105. The van der Waals surface area contributed by atoms with Crippen molar-refractivity contribution in [3.8, 4) is 0 Å². The van der Waals surface area contributed by atoms with Crippen molar-refractivity contribution in [2.24, 2.45) is 5.92 Å². The maximum atomic E-state index is 13.4. The Morgan fingerprint density at radius 2 is 1.67 bits per heavy atom. The second kappa shape index (κ2) is 18.7. The number of amides is 6. The smallest absolute Gasteiger partial charge is 0.263 e. The average Bonchev–Trinajstić information content (AvgIpc) is 3.49. The van der Waals surface area contributed by atoms with E-state index in [1.807, 2.05) is 47.4 Å². The van der Waals surface area contributed by atoms with Crippen LogP contribution < -0.4 is 15.5 Å². The number of fused-ring (bicyclic) bond motifs is 1. The van der Waals surface area contributed by atoms with Crippen molar-refractivity contribution in [2.45, 2.75) is 55.9 Å². The van der Waals surface area contributed by atoms with E-state index in [0.29, 0.717) is 29.2 Å². The van der Waals surface area contributed by atoms with Gasteiger partial charge in [0.1, 0.15) is 6.04 Å². The molecule has 57 heavy (non-hydrogen) atoms. The highest BCUT2D eigenvalue weighted by Crippen LogP contribution is 2.34. The molecule has 7 rings (SSSR count). The molecule has 0 saturated carbocycles. The number of hydrogen-bond donors (Lipinski definition) is 2. The number of unbranched alkanes of at least 4 members (excludes halogenated alkanes) is 1. The molecule has 1 unspecified atom stereocenters. The molecule has 2 N–H and O–H groups in total. The monoisotopic (exact) mass is 791 g/mol. The lowest BCUT2D eigenvalue weighted by molar-refractivity contribution is -0.136. The lowest BCUT2D eigenvalue weighted by Crippen LogP contribution is -2.54. The molecule has 298 valence electrons. The van der Waals surface area contributed by atoms with Gasteiger partial charge in [0, 0.05) is 99.1 Å². The summed E-state index contributed by atoms with van der Waals surface area (Å²) in [5.41, 5.74) is 3.35. The van der Waals surface area contributed by atoms with E-state index >= 15 is 0 Å². The molecule has 4 aliphatic heterocycles. The number of carbonyl (C=O) groups is 6. The first-order chi connectivity index (χ1) is 27.7. The number of piperidine rings is 2. The van der Waals surface area contributed by atoms with Crippen LogP contribution in [-0.2, 0) is 14.4 Å². The van der Waals surface area contributed by atoms with Gasteiger partial charge < -0.3 is 15.1 Å². The number of hydrogen-bond acceptors (Lipinski definition) is 10. The predicted molar refractivity (Wildman–Crippen MR) is 218 cm³/mol. The Hall–Kier alpha value is -5.34. The number of likely N-dealkylation sites (tertiary alicyclic amines) is 1. The molecule has 0 aliphatic carbocycles. The van der Waals surface area contributed by atoms with E-state index in [4.69, 9.17) is 0 Å². The number of piperazine rings is 1. The summed E-state index contributed by atoms with van der Waals surface area (Å²) in [5, 5.41) is 5.20. The van der Waals surface area contributed by atoms with Crippen LogP contribution in [0, 0.1) is 5.92 Å². The van der Waals surface area contributed by atoms with Crippen molar-refractivity contribution in [3.05, 3.63) is 95.3 Å². The maximum absolute atomic E-state index is 13.4. The molecular formula is C43H49N7O6S. The van der Waals surface area contributed by atoms with Crippen LogP contribution in [0.1, 0.15) is 81.6 Å². The number of pyridine rings is 1. The van der Waals surface area contributed by atoms with Crippen LogP contribution in [0.2, 0.25) is 0 Å². The zero-order valence-electron chi connectivity index (χ0n) is 32.1. The van der Waals surface area contributed by atoms with E-state index < -0.39 is 29.7 Å². The van der Waals surface area contributed by atoms with Crippen molar-refractivity contribution in [3.63, 3.8) is 0 Å². The molecule has 1 atom stereocenters. The third-order valence-corrected chi connectivity index (χ3v) is 12.3. The van der Waals surface area contributed by atoms with Gasteiger partial charge in [-0.2, -0.15) is 0 Å². The molecule has 4 aliphatic rings. The zero-order valence-corrected chi connectivity index (χ0v) is 32.9. The molecule has 1 aromatic heterocycles. The molecule has 2 aromatic carbocycles. The van der Waals surface area contributed by atoms with Crippen molar-refractivity contribution >= 4 is 59.0 Å². The summed E-state index contributed by atoms with van der Waals surface area (Å²) in [6, 6.07) is 16.0. The van der Waals surface area contributed by atoms with E-state index in [2.05, 4.69) is 25.4 Å². The summed E-state index contributed by atoms with van der Waals surface area (Å²) in [6.45, 7) is 6.47. The minimum absolute atomic E-state index is 0.0863. The fourth-order valence-electron chi connectivity index (χ4n) is 8.02. The average molecular weight is 792 g/mol. The number of imide groups is 2. The molecule has 3 fully saturated rings. The molecule has 13 nitrogen and oxygen atoms in total. The molecule has 5 heterocycles. The van der Waals surface area contributed by atoms with Gasteiger partial charge in [0.25, 0.3) is 17.7 Å². The van der Waals surface area contributed by atoms with E-state index in [1.54, 1.807) is 36.7 Å². The first-order valence-electron chi connectivity index (χ1n) is 19.9. The van der Waals surface area contributed by atoms with Gasteiger partial charge in [0.2, 0.25) is 17.7 Å². The van der Waals surface area contributed by atoms with Gasteiger partial charge in [-0.25, -0.2) is 0 Å². The van der Waals surface area contributed by atoms with E-state index in [1.165, 1.54) is 11.8 Å². The fraction of sp³-hybridized carbons (Fsp3) is 0.419. The first-order valence-corrected chi connectivity index (χ1v) is 20.9. The molecule has 3 saturated heterocycles. The SMILES string of the molecule is O=C(/C=C/c1cccnc1)NCCCCC1CCN(C(=O)c2ccc(N3CCN(CCSc4cccc5c4C(=O)N(C4CCC(=O)NC4=O)C5=O)CC3)cc2)CC1. The van der Waals surface area contributed by atoms with Crippen LogP contribution in [0.3, 0.4) is 0 Å². The Kier molecular flexibility index (Phi) is 13.1. The number of aromatic nitrogens is 1. The highest BCUT2D eigenvalue weighted by molar-refractivity contribution is 7.99. The Labute approximate surface area is 337 Å². The van der Waals surface area contributed by atoms with E-state index in [0.717, 1.165) is 105 Å². The van der Waals surface area contributed by atoms with Gasteiger partial charge in [-0.15, -0.1) is 11.8 Å². The summed E-state index contributed by atoms with van der Waals surface area (Å²) >= 11 is 1.53. The van der Waals surface area contributed by atoms with Crippen LogP contribution in [0.15, 0.2) is 78.0 Å². The molecule has 6 amide bonds. The molecule has 0 radical (unpaired) electrons. The van der Waals surface area contributed by atoms with Gasteiger partial charge in [-0.05, 0) is 85.7 Å². The van der Waals surface area contributed by atoms with E-state index in [9.17, 15) is 28.8 Å². The van der Waals surface area contributed by atoms with Gasteiger partial charge in [-0.3, -0.25) is 48.9 Å². The Morgan fingerprint density at radius 1 is 0.877 bits per heavy atom. The predicted octanol–water partition coefficient (Wildman–Crippen LogP) is 4.25. The molecular weight excluding hydrogens is 743 g/mol. The van der Waals surface area contributed by atoms with E-state index in [-0.39, 0.29) is 24.7 Å².